The molecule has 0 bridgehead atoms. The number of aliphatic hydroxyl groups is 1. The predicted molar refractivity (Wildman–Crippen MR) is 155 cm³/mol. The van der Waals surface area contributed by atoms with Gasteiger partial charge in [0.15, 0.2) is 6.10 Å². The van der Waals surface area contributed by atoms with Crippen LogP contribution < -0.4 is 0 Å². The molecule has 0 unspecified atom stereocenters. The van der Waals surface area contributed by atoms with Crippen molar-refractivity contribution in [3.63, 3.8) is 0 Å². The molecule has 0 aliphatic rings. The molecule has 5 heteroatoms. The minimum Gasteiger partial charge on any atom is -0.462 e. The topological polar surface area (TPSA) is 72.8 Å². The summed E-state index contributed by atoms with van der Waals surface area (Å²) in [6, 6.07) is 0. The maximum atomic E-state index is 12.0. The fourth-order valence-corrected chi connectivity index (χ4v) is 4.11. The van der Waals surface area contributed by atoms with Crippen molar-refractivity contribution in [2.45, 2.75) is 155 Å². The lowest BCUT2D eigenvalue weighted by Crippen LogP contribution is -2.28. The SMILES string of the molecule is CCCCC/C=C/C/C=C/CCCCCCCC(=O)O[C@@H](CO)COC(=O)CCCCCCCCCC. The molecule has 5 nitrogen and oxygen atoms in total. The fourth-order valence-electron chi connectivity index (χ4n) is 4.11. The molecule has 0 aromatic carbocycles. The summed E-state index contributed by atoms with van der Waals surface area (Å²) in [5.41, 5.74) is 0. The van der Waals surface area contributed by atoms with Gasteiger partial charge in [-0.25, -0.2) is 0 Å². The number of hydrogen-bond donors (Lipinski definition) is 1. The van der Waals surface area contributed by atoms with Gasteiger partial charge in [0.25, 0.3) is 0 Å². The van der Waals surface area contributed by atoms with Crippen LogP contribution >= 0.6 is 0 Å². The lowest BCUT2D eigenvalue weighted by Gasteiger charge is -2.15. The third-order valence-electron chi connectivity index (χ3n) is 6.50. The normalized spacial score (nSPS) is 12.4. The van der Waals surface area contributed by atoms with E-state index in [2.05, 4.69) is 38.2 Å². The maximum Gasteiger partial charge on any atom is 0.306 e. The average Bonchev–Trinajstić information content (AvgIpc) is 2.90. The van der Waals surface area contributed by atoms with E-state index in [-0.39, 0.29) is 25.2 Å². The summed E-state index contributed by atoms with van der Waals surface area (Å²) in [6.07, 6.45) is 30.9. The van der Waals surface area contributed by atoms with Crippen LogP contribution in [0.15, 0.2) is 24.3 Å². The number of unbranched alkanes of at least 4 members (excludes halogenated alkanes) is 15. The lowest BCUT2D eigenvalue weighted by molar-refractivity contribution is -0.161. The lowest BCUT2D eigenvalue weighted by atomic mass is 10.1. The van der Waals surface area contributed by atoms with Gasteiger partial charge in [-0.3, -0.25) is 9.59 Å². The number of esters is 2. The number of carbonyl (C=O) groups is 2. The van der Waals surface area contributed by atoms with Crippen molar-refractivity contribution in [2.75, 3.05) is 13.2 Å². The van der Waals surface area contributed by atoms with E-state index in [0.717, 1.165) is 51.4 Å². The zero-order valence-corrected chi connectivity index (χ0v) is 24.2. The van der Waals surface area contributed by atoms with E-state index in [1.54, 1.807) is 0 Å². The van der Waals surface area contributed by atoms with Crippen LogP contribution in [0.5, 0.6) is 0 Å². The van der Waals surface area contributed by atoms with Gasteiger partial charge in [0.05, 0.1) is 6.61 Å². The summed E-state index contributed by atoms with van der Waals surface area (Å²) >= 11 is 0. The summed E-state index contributed by atoms with van der Waals surface area (Å²) in [5.74, 6) is -0.613. The van der Waals surface area contributed by atoms with E-state index in [4.69, 9.17) is 9.47 Å². The average molecular weight is 523 g/mol. The summed E-state index contributed by atoms with van der Waals surface area (Å²) in [7, 11) is 0. The van der Waals surface area contributed by atoms with Gasteiger partial charge in [-0.15, -0.1) is 0 Å². The number of rotatable bonds is 27. The predicted octanol–water partition coefficient (Wildman–Crippen LogP) is 8.78. The van der Waals surface area contributed by atoms with E-state index >= 15 is 0 Å². The minimum atomic E-state index is -0.770. The summed E-state index contributed by atoms with van der Waals surface area (Å²) in [6.45, 7) is 4.04. The van der Waals surface area contributed by atoms with E-state index in [1.165, 1.54) is 70.6 Å². The van der Waals surface area contributed by atoms with Crippen LogP contribution in [0.4, 0.5) is 0 Å². The highest BCUT2D eigenvalue weighted by Gasteiger charge is 2.16. The van der Waals surface area contributed by atoms with Gasteiger partial charge in [-0.1, -0.05) is 115 Å². The van der Waals surface area contributed by atoms with Gasteiger partial charge >= 0.3 is 11.9 Å². The Kier molecular flexibility index (Phi) is 27.7. The van der Waals surface area contributed by atoms with Crippen LogP contribution in [0.1, 0.15) is 149 Å². The van der Waals surface area contributed by atoms with Crippen molar-refractivity contribution in [1.82, 2.24) is 0 Å². The Morgan fingerprint density at radius 3 is 1.65 bits per heavy atom. The van der Waals surface area contributed by atoms with E-state index < -0.39 is 6.10 Å². The largest absolute Gasteiger partial charge is 0.462 e. The zero-order valence-electron chi connectivity index (χ0n) is 24.2. The summed E-state index contributed by atoms with van der Waals surface area (Å²) in [5, 5.41) is 9.45. The molecule has 0 heterocycles. The second kappa shape index (κ2) is 28.9. The molecule has 37 heavy (non-hydrogen) atoms. The highest BCUT2D eigenvalue weighted by Crippen LogP contribution is 2.11. The van der Waals surface area contributed by atoms with Crippen LogP contribution in [-0.2, 0) is 19.1 Å². The molecule has 0 saturated heterocycles. The summed E-state index contributed by atoms with van der Waals surface area (Å²) < 4.78 is 10.5. The summed E-state index contributed by atoms with van der Waals surface area (Å²) in [4.78, 5) is 23.9. The number of ether oxygens (including phenoxy) is 2. The first kappa shape index (κ1) is 35.4. The Morgan fingerprint density at radius 2 is 1.08 bits per heavy atom. The van der Waals surface area contributed by atoms with Crippen molar-refractivity contribution in [1.29, 1.82) is 0 Å². The third-order valence-corrected chi connectivity index (χ3v) is 6.50. The third kappa shape index (κ3) is 27.2. The molecule has 0 saturated carbocycles. The maximum absolute atomic E-state index is 12.0. The Morgan fingerprint density at radius 1 is 0.622 bits per heavy atom. The molecule has 0 rings (SSSR count). The molecular weight excluding hydrogens is 464 g/mol. The molecule has 0 aromatic rings. The molecule has 0 spiro atoms. The molecule has 0 fully saturated rings. The van der Waals surface area contributed by atoms with Crippen molar-refractivity contribution in [2.24, 2.45) is 0 Å². The first-order valence-corrected chi connectivity index (χ1v) is 15.4. The Balaban J connectivity index is 3.63. The molecule has 0 amide bonds. The molecule has 0 aliphatic carbocycles. The van der Waals surface area contributed by atoms with Gasteiger partial charge in [0.1, 0.15) is 6.61 Å². The van der Waals surface area contributed by atoms with Gasteiger partial charge in [0.2, 0.25) is 0 Å². The van der Waals surface area contributed by atoms with Crippen molar-refractivity contribution >= 4 is 11.9 Å². The highest BCUT2D eigenvalue weighted by atomic mass is 16.6. The second-order valence-corrected chi connectivity index (χ2v) is 10.2. The fraction of sp³-hybridized carbons (Fsp3) is 0.812. The molecule has 1 N–H and O–H groups in total. The van der Waals surface area contributed by atoms with Crippen LogP contribution in [0.25, 0.3) is 0 Å². The van der Waals surface area contributed by atoms with Crippen LogP contribution in [0, 0.1) is 0 Å². The van der Waals surface area contributed by atoms with Crippen molar-refractivity contribution in [3.8, 4) is 0 Å². The standard InChI is InChI=1S/C32H58O5/c1-3-5-7-9-11-13-14-15-16-17-18-19-21-23-25-27-32(35)37-30(28-33)29-36-31(34)26-24-22-20-12-10-8-6-4-2/h11,13,15-16,30,33H,3-10,12,14,17-29H2,1-2H3/b13-11+,16-15+/t30-/m0/s1. The molecule has 1 atom stereocenters. The first-order chi connectivity index (χ1) is 18.1. The number of carbonyl (C=O) groups excluding carboxylic acids is 2. The van der Waals surface area contributed by atoms with E-state index in [1.807, 2.05) is 0 Å². The molecular formula is C32H58O5. The molecule has 216 valence electrons. The smallest absolute Gasteiger partial charge is 0.306 e. The number of allylic oxidation sites excluding steroid dienone is 4. The van der Waals surface area contributed by atoms with Crippen LogP contribution in [0.3, 0.4) is 0 Å². The Hall–Kier alpha value is -1.62. The van der Waals surface area contributed by atoms with Crippen LogP contribution in [0.2, 0.25) is 0 Å². The second-order valence-electron chi connectivity index (χ2n) is 10.2. The van der Waals surface area contributed by atoms with Gasteiger partial charge in [0, 0.05) is 12.8 Å². The van der Waals surface area contributed by atoms with Crippen LogP contribution in [-0.4, -0.2) is 36.4 Å². The van der Waals surface area contributed by atoms with Gasteiger partial charge in [-0.05, 0) is 44.9 Å². The number of hydrogen-bond acceptors (Lipinski definition) is 5. The molecule has 0 aromatic heterocycles. The molecule has 0 radical (unpaired) electrons. The minimum absolute atomic E-state index is 0.0692. The van der Waals surface area contributed by atoms with Gasteiger partial charge in [-0.2, -0.15) is 0 Å². The monoisotopic (exact) mass is 522 g/mol. The van der Waals surface area contributed by atoms with Gasteiger partial charge < -0.3 is 14.6 Å². The molecule has 0 aliphatic heterocycles. The van der Waals surface area contributed by atoms with E-state index in [0.29, 0.717) is 12.8 Å². The highest BCUT2D eigenvalue weighted by molar-refractivity contribution is 5.70. The Bertz CT molecular complexity index is 570. The van der Waals surface area contributed by atoms with E-state index in [9.17, 15) is 14.7 Å². The first-order valence-electron chi connectivity index (χ1n) is 15.4. The number of aliphatic hydroxyl groups excluding tert-OH is 1. The quantitative estimate of drug-likeness (QED) is 0.0663. The zero-order chi connectivity index (χ0) is 27.2. The van der Waals surface area contributed by atoms with Crippen molar-refractivity contribution < 1.29 is 24.2 Å². The van der Waals surface area contributed by atoms with Crippen molar-refractivity contribution in [3.05, 3.63) is 24.3 Å². The Labute approximate surface area is 228 Å².